The van der Waals surface area contributed by atoms with Gasteiger partial charge < -0.3 is 20.4 Å². The van der Waals surface area contributed by atoms with Crippen molar-refractivity contribution in [2.24, 2.45) is 11.8 Å². The van der Waals surface area contributed by atoms with E-state index in [0.29, 0.717) is 24.1 Å². The molecule has 1 heterocycles. The number of carboxylic acid groups (broad SMARTS) is 1. The predicted octanol–water partition coefficient (Wildman–Crippen LogP) is 3.84. The maximum atomic E-state index is 11.0. The fraction of sp³-hybridized carbons (Fsp3) is 0.667. The SMILES string of the molecule is CCCC(O)C[C@H](O)C=C[C@H]1[C@@H](CCCc2ccc(C(=O)O)s2)[C@@H](Cl)C[C@H]1O. The van der Waals surface area contributed by atoms with Crippen LogP contribution in [-0.2, 0) is 6.42 Å². The lowest BCUT2D eigenvalue weighted by Gasteiger charge is -2.21. The van der Waals surface area contributed by atoms with Gasteiger partial charge in [0.15, 0.2) is 0 Å². The molecule has 4 N–H and O–H groups in total. The van der Waals surface area contributed by atoms with Gasteiger partial charge in [-0.2, -0.15) is 0 Å². The summed E-state index contributed by atoms with van der Waals surface area (Å²) in [5.41, 5.74) is 0. The van der Waals surface area contributed by atoms with Crippen molar-refractivity contribution in [1.82, 2.24) is 0 Å². The fourth-order valence-electron chi connectivity index (χ4n) is 3.94. The molecule has 0 saturated heterocycles. The quantitative estimate of drug-likeness (QED) is 0.316. The molecule has 7 heteroatoms. The van der Waals surface area contributed by atoms with Crippen LogP contribution in [0.4, 0.5) is 0 Å². The summed E-state index contributed by atoms with van der Waals surface area (Å²) in [6, 6.07) is 3.48. The van der Waals surface area contributed by atoms with Gasteiger partial charge in [0.25, 0.3) is 0 Å². The third kappa shape index (κ3) is 6.85. The van der Waals surface area contributed by atoms with Gasteiger partial charge in [-0.15, -0.1) is 22.9 Å². The first-order valence-corrected chi connectivity index (χ1v) is 11.3. The Morgan fingerprint density at radius 1 is 1.39 bits per heavy atom. The van der Waals surface area contributed by atoms with E-state index in [1.807, 2.05) is 19.1 Å². The molecule has 6 atom stereocenters. The average molecular weight is 431 g/mol. The number of alkyl halides is 1. The molecule has 0 aliphatic heterocycles. The fourth-order valence-corrected chi connectivity index (χ4v) is 5.30. The highest BCUT2D eigenvalue weighted by molar-refractivity contribution is 7.13. The first-order valence-electron chi connectivity index (χ1n) is 10.00. The highest BCUT2D eigenvalue weighted by Gasteiger charge is 2.39. The second kappa shape index (κ2) is 11.3. The molecule has 1 unspecified atom stereocenters. The van der Waals surface area contributed by atoms with Crippen LogP contribution in [0.2, 0.25) is 0 Å². The highest BCUT2D eigenvalue weighted by Crippen LogP contribution is 2.40. The van der Waals surface area contributed by atoms with Gasteiger partial charge in [-0.3, -0.25) is 0 Å². The summed E-state index contributed by atoms with van der Waals surface area (Å²) in [6.07, 6.45) is 6.58. The molecule has 1 saturated carbocycles. The van der Waals surface area contributed by atoms with Crippen LogP contribution < -0.4 is 0 Å². The van der Waals surface area contributed by atoms with E-state index in [1.165, 1.54) is 11.3 Å². The molecule has 1 aliphatic rings. The molecule has 1 aromatic rings. The van der Waals surface area contributed by atoms with E-state index in [-0.39, 0.29) is 17.2 Å². The second-order valence-electron chi connectivity index (χ2n) is 7.65. The minimum atomic E-state index is -0.899. The van der Waals surface area contributed by atoms with Crippen molar-refractivity contribution in [2.75, 3.05) is 0 Å². The number of aromatic carboxylic acids is 1. The summed E-state index contributed by atoms with van der Waals surface area (Å²) >= 11 is 7.76. The zero-order valence-corrected chi connectivity index (χ0v) is 17.8. The molecule has 28 heavy (non-hydrogen) atoms. The van der Waals surface area contributed by atoms with E-state index in [9.17, 15) is 20.1 Å². The first-order chi connectivity index (χ1) is 13.3. The number of halogens is 1. The molecule has 0 radical (unpaired) electrons. The van der Waals surface area contributed by atoms with E-state index in [2.05, 4.69) is 0 Å². The lowest BCUT2D eigenvalue weighted by Crippen LogP contribution is -2.20. The average Bonchev–Trinajstić information content (AvgIpc) is 3.19. The molecule has 5 nitrogen and oxygen atoms in total. The smallest absolute Gasteiger partial charge is 0.345 e. The maximum absolute atomic E-state index is 11.0. The molecule has 0 aromatic carbocycles. The van der Waals surface area contributed by atoms with Crippen LogP contribution in [0.25, 0.3) is 0 Å². The standard InChI is InChI=1S/C21H31ClO5S/c1-2-4-13(23)11-14(24)7-9-17-16(18(22)12-19(17)25)6-3-5-15-8-10-20(28-15)21(26)27/h7-10,13-14,16-19,23-25H,2-6,11-12H2,1H3,(H,26,27)/t13?,14-,16-,17+,18+,19-/m1/s1. The highest BCUT2D eigenvalue weighted by atomic mass is 35.5. The minimum absolute atomic E-state index is 0.111. The number of aliphatic hydroxyl groups excluding tert-OH is 3. The third-order valence-corrected chi connectivity index (χ3v) is 7.03. The van der Waals surface area contributed by atoms with Gasteiger partial charge in [-0.1, -0.05) is 25.5 Å². The van der Waals surface area contributed by atoms with Gasteiger partial charge in [-0.25, -0.2) is 4.79 Å². The topological polar surface area (TPSA) is 98.0 Å². The van der Waals surface area contributed by atoms with E-state index in [1.54, 1.807) is 12.1 Å². The van der Waals surface area contributed by atoms with Crippen LogP contribution >= 0.6 is 22.9 Å². The van der Waals surface area contributed by atoms with Crippen molar-refractivity contribution in [1.29, 1.82) is 0 Å². The zero-order chi connectivity index (χ0) is 20.7. The number of thiophene rings is 1. The molecule has 0 spiro atoms. The minimum Gasteiger partial charge on any atom is -0.477 e. The van der Waals surface area contributed by atoms with Gasteiger partial charge in [0.2, 0.25) is 0 Å². The normalized spacial score (nSPS) is 27.3. The summed E-state index contributed by atoms with van der Waals surface area (Å²) in [5.74, 6) is -0.901. The monoisotopic (exact) mass is 430 g/mol. The first kappa shape index (κ1) is 23.4. The Hall–Kier alpha value is -0.920. The zero-order valence-electron chi connectivity index (χ0n) is 16.2. The summed E-state index contributed by atoms with van der Waals surface area (Å²) in [7, 11) is 0. The van der Waals surface area contributed by atoms with Gasteiger partial charge in [0.05, 0.1) is 18.3 Å². The van der Waals surface area contributed by atoms with E-state index >= 15 is 0 Å². The Balaban J connectivity index is 1.88. The number of hydrogen-bond acceptors (Lipinski definition) is 5. The van der Waals surface area contributed by atoms with E-state index in [4.69, 9.17) is 16.7 Å². The molecule has 1 aliphatic carbocycles. The molecule has 0 amide bonds. The number of carbonyl (C=O) groups is 1. The van der Waals surface area contributed by atoms with Crippen LogP contribution in [0.5, 0.6) is 0 Å². The van der Waals surface area contributed by atoms with Gasteiger partial charge >= 0.3 is 5.97 Å². The van der Waals surface area contributed by atoms with Crippen LogP contribution in [0.15, 0.2) is 24.3 Å². The number of rotatable bonds is 11. The summed E-state index contributed by atoms with van der Waals surface area (Å²) in [5, 5.41) is 39.2. The van der Waals surface area contributed by atoms with Gasteiger partial charge in [-0.05, 0) is 50.2 Å². The van der Waals surface area contributed by atoms with E-state index in [0.717, 1.165) is 30.6 Å². The number of aliphatic hydroxyl groups is 3. The van der Waals surface area contributed by atoms with Crippen molar-refractivity contribution in [3.05, 3.63) is 34.0 Å². The summed E-state index contributed by atoms with van der Waals surface area (Å²) in [6.45, 7) is 1.99. The van der Waals surface area contributed by atoms with Crippen molar-refractivity contribution < 1.29 is 25.2 Å². The summed E-state index contributed by atoms with van der Waals surface area (Å²) < 4.78 is 0. The lowest BCUT2D eigenvalue weighted by atomic mass is 9.89. The number of carboxylic acids is 1. The Morgan fingerprint density at radius 3 is 2.79 bits per heavy atom. The van der Waals surface area contributed by atoms with Crippen LogP contribution in [-0.4, -0.2) is 50.1 Å². The predicted molar refractivity (Wildman–Crippen MR) is 112 cm³/mol. The molecule has 158 valence electrons. The Bertz CT molecular complexity index is 646. The Kier molecular flexibility index (Phi) is 9.44. The number of hydrogen-bond donors (Lipinski definition) is 4. The molecule has 1 aromatic heterocycles. The maximum Gasteiger partial charge on any atom is 0.345 e. The molecule has 2 rings (SSSR count). The van der Waals surface area contributed by atoms with E-state index < -0.39 is 24.3 Å². The van der Waals surface area contributed by atoms with Gasteiger partial charge in [0, 0.05) is 22.6 Å². The summed E-state index contributed by atoms with van der Waals surface area (Å²) in [4.78, 5) is 12.4. The largest absolute Gasteiger partial charge is 0.477 e. The van der Waals surface area contributed by atoms with Gasteiger partial charge in [0.1, 0.15) is 4.88 Å². The second-order valence-corrected chi connectivity index (χ2v) is 9.38. The van der Waals surface area contributed by atoms with Crippen molar-refractivity contribution in [3.8, 4) is 0 Å². The molecule has 1 fully saturated rings. The Morgan fingerprint density at radius 2 is 2.14 bits per heavy atom. The van der Waals surface area contributed by atoms with Crippen molar-refractivity contribution in [3.63, 3.8) is 0 Å². The van der Waals surface area contributed by atoms with Crippen LogP contribution in [0, 0.1) is 11.8 Å². The third-order valence-electron chi connectivity index (χ3n) is 5.39. The van der Waals surface area contributed by atoms with Crippen molar-refractivity contribution >= 4 is 28.9 Å². The van der Waals surface area contributed by atoms with Crippen LogP contribution in [0.1, 0.15) is 60.0 Å². The lowest BCUT2D eigenvalue weighted by molar-refractivity contribution is 0.0702. The Labute approximate surface area is 175 Å². The molecule has 0 bridgehead atoms. The number of aryl methyl sites for hydroxylation is 1. The molecular weight excluding hydrogens is 400 g/mol. The van der Waals surface area contributed by atoms with Crippen molar-refractivity contribution in [2.45, 2.75) is 75.6 Å². The molecular formula is C21H31ClO5S. The van der Waals surface area contributed by atoms with Crippen LogP contribution in [0.3, 0.4) is 0 Å².